The minimum absolute atomic E-state index is 0.0396. The van der Waals surface area contributed by atoms with Crippen molar-refractivity contribution in [2.75, 3.05) is 6.61 Å². The maximum Gasteiger partial charge on any atom is 0.698 e. The van der Waals surface area contributed by atoms with Crippen molar-refractivity contribution in [3.05, 3.63) is 34.6 Å². The first kappa shape index (κ1) is 11.0. The van der Waals surface area contributed by atoms with Gasteiger partial charge in [0.1, 0.15) is 18.5 Å². The fourth-order valence-corrected chi connectivity index (χ4v) is 2.30. The Bertz CT molecular complexity index is 399. The van der Waals surface area contributed by atoms with Crippen LogP contribution in [0.1, 0.15) is 18.1 Å². The van der Waals surface area contributed by atoms with E-state index in [1.54, 1.807) is 6.07 Å². The highest BCUT2D eigenvalue weighted by Crippen LogP contribution is 2.40. The van der Waals surface area contributed by atoms with Gasteiger partial charge in [-0.1, -0.05) is 17.7 Å². The summed E-state index contributed by atoms with van der Waals surface area (Å²) in [5, 5.41) is 0.0396. The van der Waals surface area contributed by atoms with Crippen molar-refractivity contribution in [2.45, 2.75) is 12.5 Å². The zero-order valence-electron chi connectivity index (χ0n) is 7.65. The van der Waals surface area contributed by atoms with E-state index in [9.17, 15) is 8.96 Å². The molecule has 1 heterocycles. The number of halogens is 2. The summed E-state index contributed by atoms with van der Waals surface area (Å²) in [6.07, 6.45) is 0.253. The third-order valence-corrected chi connectivity index (χ3v) is 3.22. The van der Waals surface area contributed by atoms with Crippen LogP contribution >= 0.6 is 19.9 Å². The summed E-state index contributed by atoms with van der Waals surface area (Å²) in [5.41, 5.74) is 0.716. The van der Waals surface area contributed by atoms with Crippen LogP contribution in [-0.2, 0) is 13.6 Å². The minimum atomic E-state index is -2.06. The van der Waals surface area contributed by atoms with Gasteiger partial charge in [0.05, 0.1) is 5.02 Å². The second-order valence-corrected chi connectivity index (χ2v) is 4.44. The van der Waals surface area contributed by atoms with Gasteiger partial charge in [0.15, 0.2) is 0 Å². The zero-order valence-corrected chi connectivity index (χ0v) is 9.30. The first-order valence-corrected chi connectivity index (χ1v) is 5.86. The molecule has 1 aromatic carbocycles. The maximum absolute atomic E-state index is 12.9. The molecule has 6 heteroatoms. The topological polar surface area (TPSA) is 35.5 Å². The van der Waals surface area contributed by atoms with E-state index in [0.29, 0.717) is 18.6 Å². The summed E-state index contributed by atoms with van der Waals surface area (Å²) in [5.74, 6) is -0.475. The van der Waals surface area contributed by atoms with Gasteiger partial charge in [-0.15, -0.1) is 9.05 Å². The van der Waals surface area contributed by atoms with Crippen LogP contribution in [0.5, 0.6) is 0 Å². The molecule has 80 valence electrons. The Hall–Kier alpha value is -0.540. The summed E-state index contributed by atoms with van der Waals surface area (Å²) < 4.78 is 33.7. The van der Waals surface area contributed by atoms with Crippen LogP contribution in [0.25, 0.3) is 0 Å². The molecule has 0 bridgehead atoms. The van der Waals surface area contributed by atoms with E-state index in [0.717, 1.165) is 0 Å². The van der Waals surface area contributed by atoms with Gasteiger partial charge in [-0.05, 0) is 17.7 Å². The van der Waals surface area contributed by atoms with Gasteiger partial charge >= 0.3 is 8.25 Å². The Labute approximate surface area is 92.1 Å². The monoisotopic (exact) mass is 249 g/mol. The SMILES string of the molecule is O=[P+]1OCC[C@@H](c2ccc(F)c(Cl)c2)O1. The molecule has 15 heavy (non-hydrogen) atoms. The Morgan fingerprint density at radius 2 is 2.33 bits per heavy atom. The second kappa shape index (κ2) is 4.54. The van der Waals surface area contributed by atoms with E-state index in [1.165, 1.54) is 12.1 Å². The largest absolute Gasteiger partial charge is 0.698 e. The second-order valence-electron chi connectivity index (χ2n) is 3.11. The molecule has 3 nitrogen and oxygen atoms in total. The van der Waals surface area contributed by atoms with Crippen LogP contribution < -0.4 is 0 Å². The molecule has 1 unspecified atom stereocenters. The molecule has 2 atom stereocenters. The Balaban J connectivity index is 2.21. The molecule has 0 amide bonds. The molecule has 1 fully saturated rings. The highest BCUT2D eigenvalue weighted by molar-refractivity contribution is 7.33. The highest BCUT2D eigenvalue weighted by Gasteiger charge is 2.34. The number of hydrogen-bond acceptors (Lipinski definition) is 3. The maximum atomic E-state index is 12.9. The number of benzene rings is 1. The van der Waals surface area contributed by atoms with Crippen molar-refractivity contribution >= 4 is 19.9 Å². The molecular weight excluding hydrogens is 242 g/mol. The summed E-state index contributed by atoms with van der Waals surface area (Å²) in [6.45, 7) is 0.370. The molecule has 0 spiro atoms. The van der Waals surface area contributed by atoms with Gasteiger partial charge in [0, 0.05) is 11.0 Å². The van der Waals surface area contributed by atoms with Crippen LogP contribution in [-0.4, -0.2) is 6.61 Å². The molecule has 0 aliphatic carbocycles. The first-order chi connectivity index (χ1) is 7.16. The fourth-order valence-electron chi connectivity index (χ4n) is 1.36. The van der Waals surface area contributed by atoms with Gasteiger partial charge < -0.3 is 0 Å². The van der Waals surface area contributed by atoms with Gasteiger partial charge in [0.2, 0.25) is 0 Å². The Kier molecular flexibility index (Phi) is 3.32. The van der Waals surface area contributed by atoms with Gasteiger partial charge in [-0.25, -0.2) is 4.39 Å². The fraction of sp³-hybridized carbons (Fsp3) is 0.333. The highest BCUT2D eigenvalue weighted by atomic mass is 35.5. The van der Waals surface area contributed by atoms with Gasteiger partial charge in [-0.2, -0.15) is 0 Å². The average molecular weight is 250 g/mol. The van der Waals surface area contributed by atoms with Crippen molar-refractivity contribution in [1.82, 2.24) is 0 Å². The van der Waals surface area contributed by atoms with Crippen molar-refractivity contribution < 1.29 is 18.0 Å². The Morgan fingerprint density at radius 3 is 3.00 bits per heavy atom. The van der Waals surface area contributed by atoms with E-state index >= 15 is 0 Å². The molecular formula is C9H8ClFO3P+. The lowest BCUT2D eigenvalue weighted by Crippen LogP contribution is -2.09. The van der Waals surface area contributed by atoms with Gasteiger partial charge in [0.25, 0.3) is 0 Å². The van der Waals surface area contributed by atoms with Crippen molar-refractivity contribution in [3.63, 3.8) is 0 Å². The quantitative estimate of drug-likeness (QED) is 0.713. The van der Waals surface area contributed by atoms with E-state index in [-0.39, 0.29) is 11.1 Å². The molecule has 1 saturated heterocycles. The lowest BCUT2D eigenvalue weighted by molar-refractivity contribution is 0.0968. The van der Waals surface area contributed by atoms with Crippen LogP contribution in [0, 0.1) is 5.82 Å². The van der Waals surface area contributed by atoms with E-state index in [4.69, 9.17) is 20.6 Å². The summed E-state index contributed by atoms with van der Waals surface area (Å²) in [4.78, 5) is 0. The van der Waals surface area contributed by atoms with E-state index in [2.05, 4.69) is 0 Å². The van der Waals surface area contributed by atoms with E-state index in [1.807, 2.05) is 0 Å². The lowest BCUT2D eigenvalue weighted by Gasteiger charge is -2.13. The molecule has 1 aromatic rings. The summed E-state index contributed by atoms with van der Waals surface area (Å²) in [6, 6.07) is 4.32. The molecule has 0 N–H and O–H groups in total. The van der Waals surface area contributed by atoms with Crippen molar-refractivity contribution in [1.29, 1.82) is 0 Å². The average Bonchev–Trinajstić information content (AvgIpc) is 2.22. The van der Waals surface area contributed by atoms with E-state index < -0.39 is 14.1 Å². The predicted octanol–water partition coefficient (Wildman–Crippen LogP) is 3.61. The summed E-state index contributed by atoms with van der Waals surface area (Å²) >= 11 is 5.63. The van der Waals surface area contributed by atoms with Gasteiger partial charge in [-0.3, -0.25) is 0 Å². The molecule has 1 aliphatic rings. The zero-order chi connectivity index (χ0) is 10.8. The molecule has 0 radical (unpaired) electrons. The molecule has 0 aromatic heterocycles. The molecule has 2 rings (SSSR count). The predicted molar refractivity (Wildman–Crippen MR) is 53.4 cm³/mol. The minimum Gasteiger partial charge on any atom is -0.205 e. The number of rotatable bonds is 1. The third kappa shape index (κ3) is 2.52. The van der Waals surface area contributed by atoms with Crippen LogP contribution in [0.2, 0.25) is 5.02 Å². The smallest absolute Gasteiger partial charge is 0.205 e. The first-order valence-electron chi connectivity index (χ1n) is 4.39. The molecule has 1 aliphatic heterocycles. The standard InChI is InChI=1S/C9H8ClFO3P/c10-7-5-6(1-2-8(7)11)9-3-4-13-15(12)14-9/h1-2,5,9H,3-4H2/q+1/t9-/m0/s1. The Morgan fingerprint density at radius 1 is 1.53 bits per heavy atom. The number of hydrogen-bond donors (Lipinski definition) is 0. The van der Waals surface area contributed by atoms with Crippen LogP contribution in [0.4, 0.5) is 4.39 Å². The normalized spacial score (nSPS) is 24.1. The van der Waals surface area contributed by atoms with Crippen LogP contribution in [0.3, 0.4) is 0 Å². The van der Waals surface area contributed by atoms with Crippen molar-refractivity contribution in [3.8, 4) is 0 Å². The third-order valence-electron chi connectivity index (χ3n) is 2.11. The van der Waals surface area contributed by atoms with Crippen LogP contribution in [0.15, 0.2) is 18.2 Å². The lowest BCUT2D eigenvalue weighted by atomic mass is 10.1. The van der Waals surface area contributed by atoms with Crippen molar-refractivity contribution in [2.24, 2.45) is 0 Å². The molecule has 0 saturated carbocycles. The summed E-state index contributed by atoms with van der Waals surface area (Å²) in [7, 11) is -2.06.